The number of carbonyl (C=O) groups excluding carboxylic acids is 1. The molecule has 0 radical (unpaired) electrons. The lowest BCUT2D eigenvalue weighted by atomic mass is 10.2. The Hall–Kier alpha value is -2.63. The van der Waals surface area contributed by atoms with Crippen LogP contribution in [-0.4, -0.2) is 22.3 Å². The molecular weight excluding hydrogens is 258 g/mol. The van der Waals surface area contributed by atoms with Gasteiger partial charge in [-0.2, -0.15) is 5.10 Å². The molecule has 2 rings (SSSR count). The van der Waals surface area contributed by atoms with Crippen LogP contribution in [0.15, 0.2) is 35.1 Å². The van der Waals surface area contributed by atoms with Crippen LogP contribution in [0.4, 0.5) is 0 Å². The SMILES string of the molecule is CCOc1cc(=O)c(C(N)=O)nn1-c1ccc(C)cc1. The van der Waals surface area contributed by atoms with Gasteiger partial charge < -0.3 is 10.5 Å². The van der Waals surface area contributed by atoms with Crippen LogP contribution in [-0.2, 0) is 0 Å². The molecule has 20 heavy (non-hydrogen) atoms. The molecule has 0 aliphatic heterocycles. The molecule has 6 heteroatoms. The summed E-state index contributed by atoms with van der Waals surface area (Å²) in [6.07, 6.45) is 0. The molecule has 0 aliphatic carbocycles. The van der Waals surface area contributed by atoms with Crippen LogP contribution >= 0.6 is 0 Å². The lowest BCUT2D eigenvalue weighted by Crippen LogP contribution is -2.27. The lowest BCUT2D eigenvalue weighted by Gasteiger charge is -2.13. The molecule has 1 aromatic carbocycles. The summed E-state index contributed by atoms with van der Waals surface area (Å²) in [5.41, 5.74) is 6.06. The summed E-state index contributed by atoms with van der Waals surface area (Å²) in [5.74, 6) is -0.592. The summed E-state index contributed by atoms with van der Waals surface area (Å²) < 4.78 is 6.78. The second-order valence-corrected chi connectivity index (χ2v) is 4.24. The Morgan fingerprint density at radius 2 is 2.00 bits per heavy atom. The Bertz CT molecular complexity index is 690. The molecular formula is C14H15N3O3. The second-order valence-electron chi connectivity index (χ2n) is 4.24. The van der Waals surface area contributed by atoms with Gasteiger partial charge in [0.2, 0.25) is 11.3 Å². The molecule has 0 atom stereocenters. The summed E-state index contributed by atoms with van der Waals surface area (Å²) in [6, 6.07) is 8.65. The van der Waals surface area contributed by atoms with E-state index < -0.39 is 11.3 Å². The fourth-order valence-corrected chi connectivity index (χ4v) is 1.73. The summed E-state index contributed by atoms with van der Waals surface area (Å²) >= 11 is 0. The highest BCUT2D eigenvalue weighted by Crippen LogP contribution is 2.16. The summed E-state index contributed by atoms with van der Waals surface area (Å²) in [6.45, 7) is 4.13. The lowest BCUT2D eigenvalue weighted by molar-refractivity contribution is 0.0992. The zero-order chi connectivity index (χ0) is 14.7. The van der Waals surface area contributed by atoms with Gasteiger partial charge in [-0.15, -0.1) is 0 Å². The van der Waals surface area contributed by atoms with Crippen LogP contribution in [0.3, 0.4) is 0 Å². The van der Waals surface area contributed by atoms with E-state index in [4.69, 9.17) is 10.5 Å². The minimum Gasteiger partial charge on any atom is -0.478 e. The van der Waals surface area contributed by atoms with Crippen LogP contribution in [0.2, 0.25) is 0 Å². The molecule has 104 valence electrons. The highest BCUT2D eigenvalue weighted by atomic mass is 16.5. The molecule has 0 bridgehead atoms. The first-order valence-electron chi connectivity index (χ1n) is 6.17. The monoisotopic (exact) mass is 273 g/mol. The third-order valence-electron chi connectivity index (χ3n) is 2.70. The van der Waals surface area contributed by atoms with E-state index in [2.05, 4.69) is 5.10 Å². The maximum absolute atomic E-state index is 11.7. The first-order valence-corrected chi connectivity index (χ1v) is 6.17. The van der Waals surface area contributed by atoms with Crippen molar-refractivity contribution in [2.45, 2.75) is 13.8 Å². The van der Waals surface area contributed by atoms with Gasteiger partial charge in [-0.1, -0.05) is 17.7 Å². The first-order chi connectivity index (χ1) is 9.52. The smallest absolute Gasteiger partial charge is 0.273 e. The highest BCUT2D eigenvalue weighted by molar-refractivity contribution is 5.90. The molecule has 2 N–H and O–H groups in total. The summed E-state index contributed by atoms with van der Waals surface area (Å²) in [5, 5.41) is 3.99. The highest BCUT2D eigenvalue weighted by Gasteiger charge is 2.14. The van der Waals surface area contributed by atoms with Gasteiger partial charge in [0, 0.05) is 0 Å². The van der Waals surface area contributed by atoms with Gasteiger partial charge in [0.1, 0.15) is 0 Å². The van der Waals surface area contributed by atoms with Crippen molar-refractivity contribution in [3.05, 3.63) is 51.8 Å². The molecule has 1 aromatic heterocycles. The van der Waals surface area contributed by atoms with Crippen molar-refractivity contribution >= 4 is 5.91 Å². The predicted octanol–water partition coefficient (Wildman–Crippen LogP) is 1.04. The third kappa shape index (κ3) is 2.69. The number of aromatic nitrogens is 2. The molecule has 0 spiro atoms. The van der Waals surface area contributed by atoms with Crippen molar-refractivity contribution < 1.29 is 9.53 Å². The molecule has 0 aliphatic rings. The maximum Gasteiger partial charge on any atom is 0.273 e. The standard InChI is InChI=1S/C14H15N3O3/c1-3-20-12-8-11(18)13(14(15)19)16-17(12)10-6-4-9(2)5-7-10/h4-8H,3H2,1-2H3,(H2,15,19). The molecule has 0 saturated heterocycles. The predicted molar refractivity (Wildman–Crippen MR) is 74.3 cm³/mol. The normalized spacial score (nSPS) is 10.3. The van der Waals surface area contributed by atoms with Gasteiger partial charge in [-0.3, -0.25) is 9.59 Å². The van der Waals surface area contributed by atoms with Crippen molar-refractivity contribution in [1.29, 1.82) is 0 Å². The number of amides is 1. The Morgan fingerprint density at radius 3 is 2.55 bits per heavy atom. The fourth-order valence-electron chi connectivity index (χ4n) is 1.73. The number of ether oxygens (including phenoxy) is 1. The van der Waals surface area contributed by atoms with Gasteiger partial charge in [-0.25, -0.2) is 4.68 Å². The van der Waals surface area contributed by atoms with E-state index in [9.17, 15) is 9.59 Å². The van der Waals surface area contributed by atoms with Gasteiger partial charge in [-0.05, 0) is 26.0 Å². The van der Waals surface area contributed by atoms with Gasteiger partial charge in [0.25, 0.3) is 5.91 Å². The Balaban J connectivity index is 2.64. The van der Waals surface area contributed by atoms with E-state index in [0.29, 0.717) is 12.3 Å². The number of hydrogen-bond acceptors (Lipinski definition) is 4. The Labute approximate surface area is 115 Å². The van der Waals surface area contributed by atoms with Gasteiger partial charge in [0.05, 0.1) is 18.4 Å². The number of benzene rings is 1. The molecule has 1 amide bonds. The molecule has 0 unspecified atom stereocenters. The third-order valence-corrected chi connectivity index (χ3v) is 2.70. The Morgan fingerprint density at radius 1 is 1.35 bits per heavy atom. The summed E-state index contributed by atoms with van der Waals surface area (Å²) in [7, 11) is 0. The van der Waals surface area contributed by atoms with Gasteiger partial charge in [0.15, 0.2) is 5.69 Å². The molecule has 2 aromatic rings. The maximum atomic E-state index is 11.7. The molecule has 0 fully saturated rings. The largest absolute Gasteiger partial charge is 0.478 e. The van der Waals surface area contributed by atoms with E-state index >= 15 is 0 Å². The summed E-state index contributed by atoms with van der Waals surface area (Å²) in [4.78, 5) is 23.0. The van der Waals surface area contributed by atoms with Gasteiger partial charge >= 0.3 is 0 Å². The second kappa shape index (κ2) is 5.56. The van der Waals surface area contributed by atoms with E-state index in [0.717, 1.165) is 5.56 Å². The minimum atomic E-state index is -0.862. The van der Waals surface area contributed by atoms with Crippen molar-refractivity contribution in [3.63, 3.8) is 0 Å². The number of hydrogen-bond donors (Lipinski definition) is 1. The van der Waals surface area contributed by atoms with Crippen LogP contribution < -0.4 is 15.9 Å². The minimum absolute atomic E-state index is 0.270. The topological polar surface area (TPSA) is 87.2 Å². The van der Waals surface area contributed by atoms with E-state index in [1.54, 1.807) is 6.92 Å². The van der Waals surface area contributed by atoms with Crippen LogP contribution in [0.1, 0.15) is 23.0 Å². The van der Waals surface area contributed by atoms with Crippen LogP contribution in [0.5, 0.6) is 5.88 Å². The van der Waals surface area contributed by atoms with Crippen molar-refractivity contribution in [2.75, 3.05) is 6.61 Å². The van der Waals surface area contributed by atoms with Crippen LogP contribution in [0.25, 0.3) is 5.69 Å². The van der Waals surface area contributed by atoms with Crippen LogP contribution in [0, 0.1) is 6.92 Å². The fraction of sp³-hybridized carbons (Fsp3) is 0.214. The Kier molecular flexibility index (Phi) is 3.84. The number of aryl methyl sites for hydroxylation is 1. The van der Waals surface area contributed by atoms with E-state index in [1.165, 1.54) is 10.7 Å². The average Bonchev–Trinajstić information content (AvgIpc) is 2.40. The molecule has 1 heterocycles. The van der Waals surface area contributed by atoms with Crippen molar-refractivity contribution in [1.82, 2.24) is 9.78 Å². The van der Waals surface area contributed by atoms with Crippen molar-refractivity contribution in [3.8, 4) is 11.6 Å². The zero-order valence-electron chi connectivity index (χ0n) is 11.3. The number of rotatable bonds is 4. The number of nitrogens with two attached hydrogens (primary N) is 1. The first kappa shape index (κ1) is 13.8. The number of nitrogens with zero attached hydrogens (tertiary/aromatic N) is 2. The molecule has 0 saturated carbocycles. The van der Waals surface area contributed by atoms with E-state index in [1.807, 2.05) is 31.2 Å². The quantitative estimate of drug-likeness (QED) is 0.901. The zero-order valence-corrected chi connectivity index (χ0v) is 11.3. The van der Waals surface area contributed by atoms with Crippen molar-refractivity contribution in [2.24, 2.45) is 5.73 Å². The number of primary amides is 1. The average molecular weight is 273 g/mol. The molecule has 6 nitrogen and oxygen atoms in total. The van der Waals surface area contributed by atoms with E-state index in [-0.39, 0.29) is 11.6 Å². The number of carbonyl (C=O) groups is 1.